The van der Waals surface area contributed by atoms with Crippen LogP contribution < -0.4 is 5.73 Å². The second-order valence-electron chi connectivity index (χ2n) is 4.62. The molecule has 1 aromatic carbocycles. The molecule has 0 unspecified atom stereocenters. The molecule has 22 heavy (non-hydrogen) atoms. The molecule has 0 aliphatic heterocycles. The highest BCUT2D eigenvalue weighted by atomic mass is 32.2. The number of benzene rings is 1. The lowest BCUT2D eigenvalue weighted by Gasteiger charge is -2.07. The first-order valence-electron chi connectivity index (χ1n) is 6.64. The number of carbonyl (C=O) groups is 1. The third kappa shape index (κ3) is 2.73. The molecule has 3 rings (SSSR count). The van der Waals surface area contributed by atoms with Crippen molar-refractivity contribution < 1.29 is 4.79 Å². The topological polar surface area (TPSA) is 73.8 Å². The molecule has 0 fully saturated rings. The van der Waals surface area contributed by atoms with E-state index < -0.39 is 5.91 Å². The average Bonchev–Trinajstić information content (AvgIpc) is 3.01. The minimum Gasteiger partial charge on any atom is -0.364 e. The van der Waals surface area contributed by atoms with Crippen molar-refractivity contribution in [1.29, 1.82) is 0 Å². The zero-order valence-electron chi connectivity index (χ0n) is 11.9. The van der Waals surface area contributed by atoms with Crippen LogP contribution in [0.1, 0.15) is 10.5 Å². The van der Waals surface area contributed by atoms with Crippen molar-refractivity contribution in [1.82, 2.24) is 14.8 Å². The Kier molecular flexibility index (Phi) is 3.93. The van der Waals surface area contributed by atoms with Gasteiger partial charge in [-0.05, 0) is 36.6 Å². The van der Waals surface area contributed by atoms with Crippen molar-refractivity contribution in [2.45, 2.75) is 4.90 Å². The SMILES string of the molecule is CSc1ccc(-c2cc(C(N)=O)nn2-c2ccncc2)cc1. The summed E-state index contributed by atoms with van der Waals surface area (Å²) in [6, 6.07) is 13.4. The van der Waals surface area contributed by atoms with Crippen LogP contribution in [0.4, 0.5) is 0 Å². The Hall–Kier alpha value is -2.60. The number of pyridine rings is 1. The number of amides is 1. The molecule has 110 valence electrons. The highest BCUT2D eigenvalue weighted by Crippen LogP contribution is 2.26. The summed E-state index contributed by atoms with van der Waals surface area (Å²) in [5.41, 5.74) is 8.21. The largest absolute Gasteiger partial charge is 0.364 e. The number of hydrogen-bond donors (Lipinski definition) is 1. The molecule has 0 aliphatic carbocycles. The normalized spacial score (nSPS) is 10.6. The number of hydrogen-bond acceptors (Lipinski definition) is 4. The van der Waals surface area contributed by atoms with Gasteiger partial charge in [0.1, 0.15) is 0 Å². The predicted molar refractivity (Wildman–Crippen MR) is 87.1 cm³/mol. The molecule has 3 aromatic rings. The fourth-order valence-electron chi connectivity index (χ4n) is 2.15. The number of carbonyl (C=O) groups excluding carboxylic acids is 1. The van der Waals surface area contributed by atoms with E-state index in [0.717, 1.165) is 16.9 Å². The van der Waals surface area contributed by atoms with Gasteiger partial charge in [-0.3, -0.25) is 9.78 Å². The zero-order chi connectivity index (χ0) is 15.5. The maximum absolute atomic E-state index is 11.5. The first-order chi connectivity index (χ1) is 10.7. The van der Waals surface area contributed by atoms with E-state index in [1.807, 2.05) is 42.7 Å². The number of thioether (sulfide) groups is 1. The molecular formula is C16H14N4OS. The van der Waals surface area contributed by atoms with Crippen molar-refractivity contribution >= 4 is 17.7 Å². The van der Waals surface area contributed by atoms with Crippen molar-refractivity contribution in [3.63, 3.8) is 0 Å². The molecule has 2 N–H and O–H groups in total. The third-order valence-corrected chi connectivity index (χ3v) is 4.00. The molecule has 0 atom stereocenters. The number of nitrogens with zero attached hydrogens (tertiary/aromatic N) is 3. The first-order valence-corrected chi connectivity index (χ1v) is 7.86. The van der Waals surface area contributed by atoms with Crippen molar-refractivity contribution in [2.24, 2.45) is 5.73 Å². The molecule has 1 amide bonds. The molecule has 0 saturated carbocycles. The van der Waals surface area contributed by atoms with Gasteiger partial charge in [-0.2, -0.15) is 5.10 Å². The van der Waals surface area contributed by atoms with Gasteiger partial charge in [0.05, 0.1) is 11.4 Å². The van der Waals surface area contributed by atoms with Gasteiger partial charge < -0.3 is 5.73 Å². The summed E-state index contributed by atoms with van der Waals surface area (Å²) >= 11 is 1.68. The van der Waals surface area contributed by atoms with Crippen molar-refractivity contribution in [3.8, 4) is 16.9 Å². The van der Waals surface area contributed by atoms with Crippen molar-refractivity contribution in [2.75, 3.05) is 6.26 Å². The molecule has 0 spiro atoms. The van der Waals surface area contributed by atoms with E-state index in [4.69, 9.17) is 5.73 Å². The number of primary amides is 1. The minimum absolute atomic E-state index is 0.237. The van der Waals surface area contributed by atoms with Crippen LogP contribution in [0, 0.1) is 0 Å². The fourth-order valence-corrected chi connectivity index (χ4v) is 2.56. The van der Waals surface area contributed by atoms with E-state index in [9.17, 15) is 4.79 Å². The molecule has 0 radical (unpaired) electrons. The summed E-state index contributed by atoms with van der Waals surface area (Å²) in [6.07, 6.45) is 5.39. The lowest BCUT2D eigenvalue weighted by atomic mass is 10.1. The Balaban J connectivity index is 2.14. The van der Waals surface area contributed by atoms with Gasteiger partial charge in [0.25, 0.3) is 5.91 Å². The van der Waals surface area contributed by atoms with Crippen LogP contribution in [-0.2, 0) is 0 Å². The van der Waals surface area contributed by atoms with Crippen LogP contribution in [-0.4, -0.2) is 26.9 Å². The standard InChI is InChI=1S/C16H14N4OS/c1-22-13-4-2-11(3-5-13)15-10-14(16(17)21)19-20(15)12-6-8-18-9-7-12/h2-10H,1H3,(H2,17,21). The van der Waals surface area contributed by atoms with Gasteiger partial charge in [-0.15, -0.1) is 11.8 Å². The van der Waals surface area contributed by atoms with Gasteiger partial charge in [0.2, 0.25) is 0 Å². The Labute approximate surface area is 132 Å². The fraction of sp³-hybridized carbons (Fsp3) is 0.0625. The smallest absolute Gasteiger partial charge is 0.269 e. The van der Waals surface area contributed by atoms with E-state index in [0.29, 0.717) is 0 Å². The average molecular weight is 310 g/mol. The molecule has 5 nitrogen and oxygen atoms in total. The molecule has 0 bridgehead atoms. The predicted octanol–water partition coefficient (Wildman–Crippen LogP) is 2.76. The highest BCUT2D eigenvalue weighted by molar-refractivity contribution is 7.98. The second kappa shape index (κ2) is 6.03. The Morgan fingerprint density at radius 2 is 1.82 bits per heavy atom. The second-order valence-corrected chi connectivity index (χ2v) is 5.50. The molecule has 6 heteroatoms. The van der Waals surface area contributed by atoms with Crippen LogP contribution >= 0.6 is 11.8 Å². The summed E-state index contributed by atoms with van der Waals surface area (Å²) in [4.78, 5) is 16.6. The van der Waals surface area contributed by atoms with Crippen LogP contribution in [0.2, 0.25) is 0 Å². The van der Waals surface area contributed by atoms with Crippen LogP contribution in [0.15, 0.2) is 59.8 Å². The molecule has 0 aliphatic rings. The van der Waals surface area contributed by atoms with E-state index in [1.165, 1.54) is 4.90 Å². The molecular weight excluding hydrogens is 296 g/mol. The Morgan fingerprint density at radius 1 is 1.14 bits per heavy atom. The molecule has 2 aromatic heterocycles. The van der Waals surface area contributed by atoms with Crippen LogP contribution in [0.25, 0.3) is 16.9 Å². The van der Waals surface area contributed by atoms with E-state index in [2.05, 4.69) is 10.1 Å². The van der Waals surface area contributed by atoms with E-state index >= 15 is 0 Å². The highest BCUT2D eigenvalue weighted by Gasteiger charge is 2.14. The first kappa shape index (κ1) is 14.3. The number of nitrogens with two attached hydrogens (primary N) is 1. The van der Waals surface area contributed by atoms with Crippen LogP contribution in [0.3, 0.4) is 0 Å². The lowest BCUT2D eigenvalue weighted by Crippen LogP contribution is -2.12. The summed E-state index contributed by atoms with van der Waals surface area (Å²) < 4.78 is 1.70. The minimum atomic E-state index is -0.546. The van der Waals surface area contributed by atoms with Gasteiger partial charge in [-0.1, -0.05) is 12.1 Å². The Morgan fingerprint density at radius 3 is 2.41 bits per heavy atom. The Bertz CT molecular complexity index is 797. The lowest BCUT2D eigenvalue weighted by molar-refractivity contribution is 0.0995. The van der Waals surface area contributed by atoms with Gasteiger partial charge >= 0.3 is 0 Å². The van der Waals surface area contributed by atoms with E-state index in [1.54, 1.807) is 34.9 Å². The molecule has 2 heterocycles. The van der Waals surface area contributed by atoms with Crippen LogP contribution in [0.5, 0.6) is 0 Å². The summed E-state index contributed by atoms with van der Waals surface area (Å²) in [7, 11) is 0. The quantitative estimate of drug-likeness (QED) is 0.752. The summed E-state index contributed by atoms with van der Waals surface area (Å²) in [6.45, 7) is 0. The maximum Gasteiger partial charge on any atom is 0.269 e. The summed E-state index contributed by atoms with van der Waals surface area (Å²) in [5.74, 6) is -0.546. The maximum atomic E-state index is 11.5. The number of aromatic nitrogens is 3. The third-order valence-electron chi connectivity index (χ3n) is 3.25. The number of rotatable bonds is 4. The monoisotopic (exact) mass is 310 g/mol. The summed E-state index contributed by atoms with van der Waals surface area (Å²) in [5, 5.41) is 4.31. The van der Waals surface area contributed by atoms with Gasteiger partial charge in [0.15, 0.2) is 5.69 Å². The van der Waals surface area contributed by atoms with E-state index in [-0.39, 0.29) is 5.69 Å². The van der Waals surface area contributed by atoms with Gasteiger partial charge in [-0.25, -0.2) is 4.68 Å². The molecule has 0 saturated heterocycles. The van der Waals surface area contributed by atoms with Gasteiger partial charge in [0, 0.05) is 22.9 Å². The van der Waals surface area contributed by atoms with Crippen molar-refractivity contribution in [3.05, 3.63) is 60.6 Å². The zero-order valence-corrected chi connectivity index (χ0v) is 12.7.